The molecule has 0 saturated heterocycles. The largest absolute Gasteiger partial charge is 0.495 e. The van der Waals surface area contributed by atoms with Gasteiger partial charge in [0, 0.05) is 44.0 Å². The van der Waals surface area contributed by atoms with E-state index >= 15 is 0 Å². The maximum Gasteiger partial charge on any atom is 0.247 e. The molecule has 1 N–H and O–H groups in total. The van der Waals surface area contributed by atoms with E-state index in [0.717, 1.165) is 11.1 Å². The van der Waals surface area contributed by atoms with E-state index in [9.17, 15) is 9.59 Å². The summed E-state index contributed by atoms with van der Waals surface area (Å²) in [6.45, 7) is 5.44. The van der Waals surface area contributed by atoms with Crippen LogP contribution < -0.4 is 19.7 Å². The molecule has 1 unspecified atom stereocenters. The van der Waals surface area contributed by atoms with Crippen molar-refractivity contribution in [3.63, 3.8) is 0 Å². The number of methoxy groups -OCH3 is 3. The van der Waals surface area contributed by atoms with Gasteiger partial charge in [0.25, 0.3) is 0 Å². The number of amides is 2. The molecule has 3 rings (SSSR count). The van der Waals surface area contributed by atoms with Gasteiger partial charge in [-0.25, -0.2) is 9.97 Å². The molecule has 0 bridgehead atoms. The van der Waals surface area contributed by atoms with Gasteiger partial charge in [-0.2, -0.15) is 0 Å². The second kappa shape index (κ2) is 13.4. The first-order chi connectivity index (χ1) is 18.6. The van der Waals surface area contributed by atoms with Crippen LogP contribution in [0.3, 0.4) is 0 Å². The lowest BCUT2D eigenvalue weighted by Gasteiger charge is -2.19. The molecule has 9 nitrogen and oxygen atoms in total. The molecule has 1 heterocycles. The topological polar surface area (TPSA) is 103 Å². The second-order valence-electron chi connectivity index (χ2n) is 8.55. The highest BCUT2D eigenvalue weighted by atomic mass is 35.5. The van der Waals surface area contributed by atoms with Crippen molar-refractivity contribution >= 4 is 46.5 Å². The molecule has 11 heteroatoms. The molecule has 0 aliphatic carbocycles. The standard InChI is InChI=1S/C28H30Cl2N4O5/c1-7-25(35)33-21-11-17(16(2)37-4)8-9-18(21)10-19-12-24(32-15-31-19)34(3)26(36)13-20-27(29)22(38-5)14-23(39-6)28(20)30/h7-9,11-12,14-16H,1,10,13H2,2-6H3,(H,33,35). The van der Waals surface area contributed by atoms with Crippen LogP contribution in [-0.4, -0.2) is 50.2 Å². The van der Waals surface area contributed by atoms with Crippen LogP contribution in [0, 0.1) is 0 Å². The molecule has 0 fully saturated rings. The number of nitrogens with one attached hydrogen (secondary N) is 1. The lowest BCUT2D eigenvalue weighted by Crippen LogP contribution is -2.29. The number of hydrogen-bond donors (Lipinski definition) is 1. The Kier molecular flexibility index (Phi) is 10.3. The van der Waals surface area contributed by atoms with Gasteiger partial charge >= 0.3 is 0 Å². The van der Waals surface area contributed by atoms with Crippen molar-refractivity contribution in [2.75, 3.05) is 38.6 Å². The number of rotatable bonds is 11. The number of benzene rings is 2. The first-order valence-corrected chi connectivity index (χ1v) is 12.6. The van der Waals surface area contributed by atoms with E-state index in [1.54, 1.807) is 26.3 Å². The molecule has 3 aromatic rings. The van der Waals surface area contributed by atoms with Crippen molar-refractivity contribution in [3.05, 3.63) is 81.7 Å². The van der Waals surface area contributed by atoms with Crippen LogP contribution in [0.5, 0.6) is 11.5 Å². The number of likely N-dealkylation sites (N-methyl/N-ethyl adjacent to an activating group) is 1. The fourth-order valence-electron chi connectivity index (χ4n) is 3.79. The highest BCUT2D eigenvalue weighted by Crippen LogP contribution is 2.40. The number of aromatic nitrogens is 2. The molecule has 1 atom stereocenters. The summed E-state index contributed by atoms with van der Waals surface area (Å²) >= 11 is 12.9. The van der Waals surface area contributed by atoms with E-state index in [-0.39, 0.29) is 34.4 Å². The fraction of sp³-hybridized carbons (Fsp3) is 0.286. The lowest BCUT2D eigenvalue weighted by molar-refractivity contribution is -0.117. The van der Waals surface area contributed by atoms with Crippen molar-refractivity contribution < 1.29 is 23.8 Å². The number of carbonyl (C=O) groups excluding carboxylic acids is 2. The Bertz CT molecular complexity index is 1350. The summed E-state index contributed by atoms with van der Waals surface area (Å²) < 4.78 is 16.0. The normalized spacial score (nSPS) is 11.5. The SMILES string of the molecule is C=CC(=O)Nc1cc(C(C)OC)ccc1Cc1cc(N(C)C(=O)Cc2c(Cl)c(OC)cc(OC)c2Cl)ncn1. The van der Waals surface area contributed by atoms with Gasteiger partial charge < -0.3 is 19.5 Å². The van der Waals surface area contributed by atoms with Crippen LogP contribution in [0.15, 0.2) is 49.3 Å². The Morgan fingerprint density at radius 3 is 2.33 bits per heavy atom. The molecule has 39 heavy (non-hydrogen) atoms. The smallest absolute Gasteiger partial charge is 0.247 e. The van der Waals surface area contributed by atoms with E-state index in [1.807, 2.05) is 25.1 Å². The lowest BCUT2D eigenvalue weighted by atomic mass is 10.0. The molecule has 2 amide bonds. The Hall–Kier alpha value is -3.66. The third kappa shape index (κ3) is 7.06. The predicted octanol–water partition coefficient (Wildman–Crippen LogP) is 5.43. The molecule has 0 aliphatic rings. The summed E-state index contributed by atoms with van der Waals surface area (Å²) in [5.74, 6) is 0.429. The van der Waals surface area contributed by atoms with E-state index < -0.39 is 0 Å². The van der Waals surface area contributed by atoms with Gasteiger partial charge in [0.2, 0.25) is 11.8 Å². The Balaban J connectivity index is 1.87. The summed E-state index contributed by atoms with van der Waals surface area (Å²) in [6.07, 6.45) is 2.69. The minimum atomic E-state index is -0.335. The molecular weight excluding hydrogens is 543 g/mol. The zero-order valence-electron chi connectivity index (χ0n) is 22.4. The van der Waals surface area contributed by atoms with Crippen LogP contribution in [0.2, 0.25) is 10.0 Å². The third-order valence-electron chi connectivity index (χ3n) is 6.19. The number of ether oxygens (including phenoxy) is 3. The Labute approximate surface area is 237 Å². The molecule has 0 radical (unpaired) electrons. The minimum Gasteiger partial charge on any atom is -0.495 e. The quantitative estimate of drug-likeness (QED) is 0.305. The van der Waals surface area contributed by atoms with E-state index in [2.05, 4.69) is 21.9 Å². The van der Waals surface area contributed by atoms with Crippen LogP contribution in [0.4, 0.5) is 11.5 Å². The Morgan fingerprint density at radius 1 is 1.08 bits per heavy atom. The van der Waals surface area contributed by atoms with Crippen LogP contribution in [-0.2, 0) is 27.2 Å². The van der Waals surface area contributed by atoms with Gasteiger partial charge in [-0.15, -0.1) is 0 Å². The first-order valence-electron chi connectivity index (χ1n) is 11.9. The first kappa shape index (κ1) is 29.9. The molecule has 206 valence electrons. The Morgan fingerprint density at radius 2 is 1.74 bits per heavy atom. The summed E-state index contributed by atoms with van der Waals surface area (Å²) in [6, 6.07) is 8.96. The number of nitrogens with zero attached hydrogens (tertiary/aromatic N) is 3. The van der Waals surface area contributed by atoms with Gasteiger partial charge in [-0.1, -0.05) is 41.9 Å². The van der Waals surface area contributed by atoms with Crippen molar-refractivity contribution in [2.45, 2.75) is 25.9 Å². The average Bonchev–Trinajstić information content (AvgIpc) is 2.95. The van der Waals surface area contributed by atoms with E-state index in [4.69, 9.17) is 37.4 Å². The van der Waals surface area contributed by atoms with Gasteiger partial charge in [0.1, 0.15) is 23.6 Å². The van der Waals surface area contributed by atoms with E-state index in [0.29, 0.717) is 40.7 Å². The van der Waals surface area contributed by atoms with Crippen molar-refractivity contribution in [1.82, 2.24) is 9.97 Å². The maximum absolute atomic E-state index is 13.2. The monoisotopic (exact) mass is 572 g/mol. The highest BCUT2D eigenvalue weighted by molar-refractivity contribution is 6.38. The molecule has 0 saturated carbocycles. The summed E-state index contributed by atoms with van der Waals surface area (Å²) in [5.41, 5.74) is 3.36. The molecule has 0 aliphatic heterocycles. The predicted molar refractivity (Wildman–Crippen MR) is 152 cm³/mol. The van der Waals surface area contributed by atoms with Gasteiger partial charge in [-0.3, -0.25) is 14.5 Å². The number of anilines is 2. The highest BCUT2D eigenvalue weighted by Gasteiger charge is 2.22. The second-order valence-corrected chi connectivity index (χ2v) is 9.31. The number of hydrogen-bond acceptors (Lipinski definition) is 7. The molecule has 0 spiro atoms. The van der Waals surface area contributed by atoms with Crippen molar-refractivity contribution in [3.8, 4) is 11.5 Å². The molecule has 2 aromatic carbocycles. The summed E-state index contributed by atoms with van der Waals surface area (Å²) in [4.78, 5) is 35.3. The number of halogens is 2. The third-order valence-corrected chi connectivity index (χ3v) is 7.02. The van der Waals surface area contributed by atoms with Crippen molar-refractivity contribution in [2.24, 2.45) is 0 Å². The summed E-state index contributed by atoms with van der Waals surface area (Å²) in [5, 5.41) is 3.31. The zero-order valence-corrected chi connectivity index (χ0v) is 23.9. The van der Waals surface area contributed by atoms with Crippen molar-refractivity contribution in [1.29, 1.82) is 0 Å². The van der Waals surface area contributed by atoms with Gasteiger partial charge in [-0.05, 0) is 30.2 Å². The maximum atomic E-state index is 13.2. The minimum absolute atomic E-state index is 0.113. The van der Waals surface area contributed by atoms with E-state index in [1.165, 1.54) is 31.5 Å². The fourth-order valence-corrected chi connectivity index (χ4v) is 4.42. The average molecular weight is 573 g/mol. The van der Waals surface area contributed by atoms with Crippen LogP contribution in [0.1, 0.15) is 35.4 Å². The van der Waals surface area contributed by atoms with Crippen LogP contribution >= 0.6 is 23.2 Å². The molecule has 1 aromatic heterocycles. The number of carbonyl (C=O) groups is 2. The van der Waals surface area contributed by atoms with Gasteiger partial charge in [0.05, 0.1) is 42.5 Å². The van der Waals surface area contributed by atoms with Gasteiger partial charge in [0.15, 0.2) is 0 Å². The molecular formula is C28H30Cl2N4O5. The van der Waals surface area contributed by atoms with Crippen LogP contribution in [0.25, 0.3) is 0 Å². The summed E-state index contributed by atoms with van der Waals surface area (Å²) in [7, 11) is 6.15. The zero-order chi connectivity index (χ0) is 28.7.